The fourth-order valence-electron chi connectivity index (χ4n) is 2.75. The van der Waals surface area contributed by atoms with Crippen molar-refractivity contribution in [3.8, 4) is 0 Å². The van der Waals surface area contributed by atoms with Crippen molar-refractivity contribution in [1.82, 2.24) is 5.32 Å². The number of anilines is 1. The van der Waals surface area contributed by atoms with Crippen LogP contribution >= 0.6 is 0 Å². The van der Waals surface area contributed by atoms with Crippen molar-refractivity contribution in [1.29, 1.82) is 0 Å². The van der Waals surface area contributed by atoms with Gasteiger partial charge in [-0.15, -0.1) is 0 Å². The molecule has 0 unspecified atom stereocenters. The average Bonchev–Trinajstić information content (AvgIpc) is 2.78. The Labute approximate surface area is 177 Å². The molecule has 1 fully saturated rings. The van der Waals surface area contributed by atoms with Crippen molar-refractivity contribution < 1.29 is 28.7 Å². The number of carboxylic acid groups (broad SMARTS) is 1. The van der Waals surface area contributed by atoms with Crippen molar-refractivity contribution in [3.05, 3.63) is 34.8 Å². The van der Waals surface area contributed by atoms with Crippen LogP contribution in [-0.4, -0.2) is 47.6 Å². The van der Waals surface area contributed by atoms with E-state index < -0.39 is 36.0 Å². The lowest BCUT2D eigenvalue weighted by Crippen LogP contribution is -2.41. The third-order valence-electron chi connectivity index (χ3n) is 5.05. The van der Waals surface area contributed by atoms with Crippen LogP contribution in [0, 0.1) is 0 Å². The number of nitrogens with one attached hydrogen (secondary N) is 1. The van der Waals surface area contributed by atoms with Gasteiger partial charge < -0.3 is 30.2 Å². The maximum Gasteiger partial charge on any atom is 0.492 e. The van der Waals surface area contributed by atoms with Gasteiger partial charge in [0, 0.05) is 12.2 Å². The lowest BCUT2D eigenvalue weighted by molar-refractivity contribution is 0.00578. The summed E-state index contributed by atoms with van der Waals surface area (Å²) in [5, 5.41) is 12.0. The van der Waals surface area contributed by atoms with Gasteiger partial charge in [0.1, 0.15) is 5.60 Å². The van der Waals surface area contributed by atoms with E-state index in [1.54, 1.807) is 32.9 Å². The summed E-state index contributed by atoms with van der Waals surface area (Å²) in [5.74, 6) is -1.12. The summed E-state index contributed by atoms with van der Waals surface area (Å²) in [7, 11) is -0.726. The lowest BCUT2D eigenvalue weighted by atomic mass is 9.77. The maximum atomic E-state index is 12.1. The SMILES string of the molecule is CC(C)(C)OC(=O)NCC(=Cc1ccc(N)c(C(=O)O)c1)B1OC(C)(C)C(C)(C)O1. The van der Waals surface area contributed by atoms with Crippen molar-refractivity contribution in [2.75, 3.05) is 12.3 Å². The second-order valence-electron chi connectivity index (χ2n) is 9.31. The molecule has 0 aliphatic carbocycles. The molecule has 0 bridgehead atoms. The molecule has 1 aliphatic rings. The molecule has 0 aromatic heterocycles. The third kappa shape index (κ3) is 5.76. The van der Waals surface area contributed by atoms with Gasteiger partial charge in [-0.05, 0) is 71.6 Å². The highest BCUT2D eigenvalue weighted by atomic mass is 16.7. The first-order valence-electron chi connectivity index (χ1n) is 9.77. The number of amides is 1. The number of nitrogen functional groups attached to an aromatic ring is 1. The number of alkyl carbamates (subject to hydrolysis) is 1. The molecule has 1 aromatic carbocycles. The van der Waals surface area contributed by atoms with Gasteiger partial charge in [-0.25, -0.2) is 9.59 Å². The van der Waals surface area contributed by atoms with E-state index in [9.17, 15) is 14.7 Å². The summed E-state index contributed by atoms with van der Waals surface area (Å²) < 4.78 is 17.5. The molecule has 1 saturated heterocycles. The van der Waals surface area contributed by atoms with E-state index in [1.165, 1.54) is 12.1 Å². The maximum absolute atomic E-state index is 12.1. The Morgan fingerprint density at radius 3 is 2.27 bits per heavy atom. The van der Waals surface area contributed by atoms with E-state index in [4.69, 9.17) is 19.8 Å². The zero-order chi connectivity index (χ0) is 22.9. The molecule has 0 saturated carbocycles. The second kappa shape index (κ2) is 8.31. The van der Waals surface area contributed by atoms with Gasteiger partial charge in [0.2, 0.25) is 0 Å². The molecule has 0 spiro atoms. The van der Waals surface area contributed by atoms with Gasteiger partial charge in [0.25, 0.3) is 0 Å². The molecule has 1 amide bonds. The van der Waals surface area contributed by atoms with E-state index in [1.807, 2.05) is 27.7 Å². The van der Waals surface area contributed by atoms with Crippen LogP contribution in [0.1, 0.15) is 64.4 Å². The van der Waals surface area contributed by atoms with E-state index in [2.05, 4.69) is 5.32 Å². The summed E-state index contributed by atoms with van der Waals surface area (Å²) in [6, 6.07) is 4.69. The number of ether oxygens (including phenoxy) is 1. The highest BCUT2D eigenvalue weighted by Gasteiger charge is 2.52. The number of benzene rings is 1. The van der Waals surface area contributed by atoms with E-state index in [0.717, 1.165) is 0 Å². The van der Waals surface area contributed by atoms with Crippen LogP contribution in [0.2, 0.25) is 0 Å². The molecule has 0 radical (unpaired) electrons. The summed E-state index contributed by atoms with van der Waals surface area (Å²) in [6.07, 6.45) is 1.15. The Morgan fingerprint density at radius 2 is 1.77 bits per heavy atom. The van der Waals surface area contributed by atoms with Crippen molar-refractivity contribution in [2.45, 2.75) is 65.3 Å². The molecule has 1 aliphatic heterocycles. The van der Waals surface area contributed by atoms with Crippen LogP contribution in [0.25, 0.3) is 6.08 Å². The van der Waals surface area contributed by atoms with Gasteiger partial charge in [-0.3, -0.25) is 0 Å². The Hall–Kier alpha value is -2.52. The van der Waals surface area contributed by atoms with Gasteiger partial charge in [0.05, 0.1) is 16.8 Å². The first kappa shape index (κ1) is 23.8. The molecule has 30 heavy (non-hydrogen) atoms. The molecule has 4 N–H and O–H groups in total. The number of nitrogens with two attached hydrogens (primary N) is 1. The normalized spacial score (nSPS) is 18.2. The predicted molar refractivity (Wildman–Crippen MR) is 116 cm³/mol. The third-order valence-corrected chi connectivity index (χ3v) is 5.05. The molecule has 2 rings (SSSR count). The minimum absolute atomic E-state index is 0.00267. The first-order valence-corrected chi connectivity index (χ1v) is 9.77. The van der Waals surface area contributed by atoms with Crippen LogP contribution < -0.4 is 11.1 Å². The molecule has 9 heteroatoms. The van der Waals surface area contributed by atoms with Crippen LogP contribution in [0.4, 0.5) is 10.5 Å². The van der Waals surface area contributed by atoms with Gasteiger partial charge in [-0.1, -0.05) is 12.1 Å². The number of aromatic carboxylic acids is 1. The highest BCUT2D eigenvalue weighted by molar-refractivity contribution is 6.56. The Morgan fingerprint density at radius 1 is 1.20 bits per heavy atom. The summed E-state index contributed by atoms with van der Waals surface area (Å²) >= 11 is 0. The van der Waals surface area contributed by atoms with Crippen LogP contribution in [0.15, 0.2) is 23.7 Å². The molecule has 164 valence electrons. The van der Waals surface area contributed by atoms with Gasteiger partial charge >= 0.3 is 19.2 Å². The molecule has 8 nitrogen and oxygen atoms in total. The van der Waals surface area contributed by atoms with E-state index in [0.29, 0.717) is 11.0 Å². The molecular weight excluding hydrogens is 387 g/mol. The topological polar surface area (TPSA) is 120 Å². The largest absolute Gasteiger partial charge is 0.492 e. The van der Waals surface area contributed by atoms with Crippen molar-refractivity contribution >= 4 is 30.9 Å². The minimum Gasteiger partial charge on any atom is -0.478 e. The minimum atomic E-state index is -1.12. The second-order valence-corrected chi connectivity index (χ2v) is 9.31. The molecule has 1 aromatic rings. The number of hydrogen-bond acceptors (Lipinski definition) is 6. The Balaban J connectivity index is 2.34. The van der Waals surface area contributed by atoms with Crippen LogP contribution in [0.5, 0.6) is 0 Å². The van der Waals surface area contributed by atoms with Crippen molar-refractivity contribution in [2.24, 2.45) is 0 Å². The monoisotopic (exact) mass is 418 g/mol. The predicted octanol–water partition coefficient (Wildman–Crippen LogP) is 3.51. The number of carbonyl (C=O) groups is 2. The average molecular weight is 418 g/mol. The first-order chi connectivity index (χ1) is 13.6. The van der Waals surface area contributed by atoms with Crippen LogP contribution in [0.3, 0.4) is 0 Å². The Kier molecular flexibility index (Phi) is 6.59. The van der Waals surface area contributed by atoms with Crippen LogP contribution in [-0.2, 0) is 14.0 Å². The lowest BCUT2D eigenvalue weighted by Gasteiger charge is -2.32. The molecule has 0 atom stereocenters. The summed E-state index contributed by atoms with van der Waals surface area (Å²) in [5.41, 5.74) is 5.34. The molecule has 1 heterocycles. The van der Waals surface area contributed by atoms with Gasteiger partial charge in [-0.2, -0.15) is 0 Å². The standard InChI is InChI=1S/C21H31BN2O6/c1-19(2,3)28-18(27)24-12-14(22-29-20(4,5)21(6,7)30-22)10-13-8-9-16(23)15(11-13)17(25)26/h8-11H,12,23H2,1-7H3,(H,24,27)(H,25,26). The van der Waals surface area contributed by atoms with E-state index in [-0.39, 0.29) is 17.8 Å². The fourth-order valence-corrected chi connectivity index (χ4v) is 2.75. The van der Waals surface area contributed by atoms with Gasteiger partial charge in [0.15, 0.2) is 0 Å². The molecular formula is C21H31BN2O6. The highest BCUT2D eigenvalue weighted by Crippen LogP contribution is 2.38. The zero-order valence-corrected chi connectivity index (χ0v) is 18.7. The summed E-state index contributed by atoms with van der Waals surface area (Å²) in [6.45, 7) is 13.1. The summed E-state index contributed by atoms with van der Waals surface area (Å²) in [4.78, 5) is 23.5. The fraction of sp³-hybridized carbons (Fsp3) is 0.524. The zero-order valence-electron chi connectivity index (χ0n) is 18.7. The van der Waals surface area contributed by atoms with E-state index >= 15 is 0 Å². The number of carbonyl (C=O) groups excluding carboxylic acids is 1. The van der Waals surface area contributed by atoms with Crippen molar-refractivity contribution in [3.63, 3.8) is 0 Å². The number of carboxylic acids is 1. The number of rotatable bonds is 5. The smallest absolute Gasteiger partial charge is 0.478 e. The number of hydrogen-bond donors (Lipinski definition) is 3. The Bertz CT molecular complexity index is 842. The quantitative estimate of drug-likeness (QED) is 0.494.